The molecule has 0 unspecified atom stereocenters. The van der Waals surface area contributed by atoms with Crippen molar-refractivity contribution in [3.8, 4) is 0 Å². The molecule has 1 amide bonds. The number of rotatable bonds is 24. The van der Waals surface area contributed by atoms with E-state index < -0.39 is 24.3 Å². The fourth-order valence-corrected chi connectivity index (χ4v) is 4.21. The summed E-state index contributed by atoms with van der Waals surface area (Å²) in [6, 6.07) is -1.35. The van der Waals surface area contributed by atoms with Gasteiger partial charge in [0.05, 0.1) is 6.61 Å². The Morgan fingerprint density at radius 2 is 1.18 bits per heavy atom. The minimum Gasteiger partial charge on any atom is -0.464 e. The lowest BCUT2D eigenvalue weighted by atomic mass is 9.99. The van der Waals surface area contributed by atoms with Crippen LogP contribution in [0.3, 0.4) is 0 Å². The highest BCUT2D eigenvalue weighted by Crippen LogP contribution is 2.17. The van der Waals surface area contributed by atoms with Gasteiger partial charge in [0.15, 0.2) is 6.04 Å². The number of esters is 1. The fraction of sp³-hybridized carbons (Fsp3) is 0.929. The first-order valence-corrected chi connectivity index (χ1v) is 14.3. The lowest BCUT2D eigenvalue weighted by Crippen LogP contribution is -2.52. The molecule has 0 aliphatic carbocycles. The molecule has 0 aromatic carbocycles. The highest BCUT2D eigenvalue weighted by atomic mass is 19.1. The van der Waals surface area contributed by atoms with Crippen LogP contribution in [-0.4, -0.2) is 41.9 Å². The number of alkyl halides is 1. The van der Waals surface area contributed by atoms with Crippen LogP contribution < -0.4 is 5.32 Å². The van der Waals surface area contributed by atoms with Gasteiger partial charge in [-0.3, -0.25) is 4.79 Å². The number of aliphatic hydroxyl groups is 1. The maximum absolute atomic E-state index is 14.7. The number of nitrogens with one attached hydrogen (secondary N) is 1. The Morgan fingerprint density at radius 3 is 1.65 bits per heavy atom. The van der Waals surface area contributed by atoms with Crippen molar-refractivity contribution in [2.24, 2.45) is 0 Å². The average Bonchev–Trinajstić information content (AvgIpc) is 2.82. The van der Waals surface area contributed by atoms with Crippen LogP contribution in [0.4, 0.5) is 4.39 Å². The van der Waals surface area contributed by atoms with E-state index in [9.17, 15) is 19.1 Å². The maximum Gasteiger partial charge on any atom is 0.331 e. The van der Waals surface area contributed by atoms with Crippen molar-refractivity contribution in [3.05, 3.63) is 0 Å². The number of hydrogen-bond donors (Lipinski definition) is 2. The zero-order valence-corrected chi connectivity index (χ0v) is 22.4. The van der Waals surface area contributed by atoms with E-state index in [0.29, 0.717) is 6.42 Å². The second-order valence-corrected chi connectivity index (χ2v) is 9.65. The smallest absolute Gasteiger partial charge is 0.331 e. The van der Waals surface area contributed by atoms with Crippen LogP contribution >= 0.6 is 0 Å². The molecular formula is C28H54FNO4. The van der Waals surface area contributed by atoms with Crippen LogP contribution in [0, 0.1) is 0 Å². The number of hydrogen-bond acceptors (Lipinski definition) is 4. The molecule has 5 nitrogen and oxygen atoms in total. The van der Waals surface area contributed by atoms with Crippen molar-refractivity contribution in [1.29, 1.82) is 0 Å². The Kier molecular flexibility index (Phi) is 22.8. The molecule has 0 aliphatic heterocycles. The molecule has 0 fully saturated rings. The van der Waals surface area contributed by atoms with E-state index in [-0.39, 0.29) is 25.4 Å². The number of ether oxygens (including phenoxy) is 1. The Balaban J connectivity index is 4.16. The van der Waals surface area contributed by atoms with Crippen LogP contribution in [0.25, 0.3) is 0 Å². The summed E-state index contributed by atoms with van der Waals surface area (Å²) in [6.07, 6.45) is 16.6. The van der Waals surface area contributed by atoms with E-state index in [1.54, 1.807) is 6.92 Å². The van der Waals surface area contributed by atoms with E-state index in [4.69, 9.17) is 4.74 Å². The van der Waals surface area contributed by atoms with Gasteiger partial charge in [-0.25, -0.2) is 9.18 Å². The zero-order chi connectivity index (χ0) is 25.4. The molecule has 0 aromatic rings. The molecule has 0 rings (SSSR count). The van der Waals surface area contributed by atoms with Crippen molar-refractivity contribution in [1.82, 2.24) is 5.32 Å². The lowest BCUT2D eigenvalue weighted by molar-refractivity contribution is -0.152. The first kappa shape index (κ1) is 32.8. The number of halogens is 1. The Bertz CT molecular complexity index is 489. The molecule has 202 valence electrons. The zero-order valence-electron chi connectivity index (χ0n) is 22.4. The van der Waals surface area contributed by atoms with Gasteiger partial charge in [-0.1, -0.05) is 117 Å². The van der Waals surface area contributed by atoms with Gasteiger partial charge in [0.2, 0.25) is 5.91 Å². The van der Waals surface area contributed by atoms with Crippen molar-refractivity contribution < 1.29 is 23.8 Å². The number of carbonyl (C=O) groups is 2. The van der Waals surface area contributed by atoms with Crippen LogP contribution in [0.1, 0.15) is 143 Å². The molecular weight excluding hydrogens is 433 g/mol. The van der Waals surface area contributed by atoms with Gasteiger partial charge in [-0.2, -0.15) is 0 Å². The largest absolute Gasteiger partial charge is 0.464 e. The molecule has 0 aromatic heterocycles. The molecule has 0 radical (unpaired) electrons. The van der Waals surface area contributed by atoms with Gasteiger partial charge in [0, 0.05) is 6.42 Å². The van der Waals surface area contributed by atoms with Crippen LogP contribution in [0.5, 0.6) is 0 Å². The SMILES string of the molecule is CCCCCCCCCCCCCC[C@H](F)[C@@H](O)[C@@H](NC(=O)CCCCCCC)C(=O)OCC. The van der Waals surface area contributed by atoms with Crippen LogP contribution in [-0.2, 0) is 14.3 Å². The van der Waals surface area contributed by atoms with Crippen LogP contribution in [0.15, 0.2) is 0 Å². The molecule has 0 bridgehead atoms. The van der Waals surface area contributed by atoms with Crippen molar-refractivity contribution in [3.63, 3.8) is 0 Å². The van der Waals surface area contributed by atoms with Crippen molar-refractivity contribution in [2.75, 3.05) is 6.61 Å². The Hall–Kier alpha value is -1.17. The third kappa shape index (κ3) is 18.2. The number of amides is 1. The van der Waals surface area contributed by atoms with Crippen molar-refractivity contribution in [2.45, 2.75) is 161 Å². The Morgan fingerprint density at radius 1 is 0.735 bits per heavy atom. The topological polar surface area (TPSA) is 75.6 Å². The molecule has 2 N–H and O–H groups in total. The van der Waals surface area contributed by atoms with Gasteiger partial charge in [-0.05, 0) is 19.8 Å². The van der Waals surface area contributed by atoms with Crippen molar-refractivity contribution >= 4 is 11.9 Å². The molecule has 3 atom stereocenters. The van der Waals surface area contributed by atoms with E-state index in [0.717, 1.165) is 51.4 Å². The van der Waals surface area contributed by atoms with E-state index >= 15 is 0 Å². The predicted molar refractivity (Wildman–Crippen MR) is 139 cm³/mol. The van der Waals surface area contributed by atoms with Gasteiger partial charge in [0.1, 0.15) is 12.3 Å². The molecule has 34 heavy (non-hydrogen) atoms. The summed E-state index contributed by atoms with van der Waals surface area (Å²) in [5.41, 5.74) is 0. The minimum atomic E-state index is -1.59. The highest BCUT2D eigenvalue weighted by molar-refractivity contribution is 5.85. The monoisotopic (exact) mass is 487 g/mol. The Labute approximate surface area is 209 Å². The quantitative estimate of drug-likeness (QED) is 0.112. The summed E-state index contributed by atoms with van der Waals surface area (Å²) >= 11 is 0. The fourth-order valence-electron chi connectivity index (χ4n) is 4.21. The molecule has 0 aliphatic rings. The van der Waals surface area contributed by atoms with Crippen LogP contribution in [0.2, 0.25) is 0 Å². The molecule has 6 heteroatoms. The molecule has 0 saturated heterocycles. The standard InChI is InChI=1S/C28H54FNO4/c1-4-7-9-11-12-13-14-15-16-17-19-20-22-24(29)27(32)26(28(33)34-6-3)30-25(31)23-21-18-10-8-5-2/h24,26-27,32H,4-23H2,1-3H3,(H,30,31)/t24-,26+,27+/m0/s1. The molecule has 0 saturated carbocycles. The second-order valence-electron chi connectivity index (χ2n) is 9.65. The number of aliphatic hydroxyl groups excluding tert-OH is 1. The number of unbranched alkanes of at least 4 members (excludes halogenated alkanes) is 15. The average molecular weight is 488 g/mol. The van der Waals surface area contributed by atoms with Gasteiger partial charge >= 0.3 is 5.97 Å². The number of carbonyl (C=O) groups excluding carboxylic acids is 2. The summed E-state index contributed by atoms with van der Waals surface area (Å²) in [7, 11) is 0. The summed E-state index contributed by atoms with van der Waals surface area (Å²) in [5.74, 6) is -1.11. The molecule has 0 heterocycles. The first-order valence-electron chi connectivity index (χ1n) is 14.3. The maximum atomic E-state index is 14.7. The van der Waals surface area contributed by atoms with E-state index in [2.05, 4.69) is 19.2 Å². The summed E-state index contributed by atoms with van der Waals surface area (Å²) in [6.45, 7) is 6.13. The van der Waals surface area contributed by atoms with Gasteiger partial charge in [0.25, 0.3) is 0 Å². The van der Waals surface area contributed by atoms with E-state index in [1.165, 1.54) is 51.4 Å². The normalized spacial score (nSPS) is 13.9. The third-order valence-electron chi connectivity index (χ3n) is 6.41. The van der Waals surface area contributed by atoms with Gasteiger partial charge in [-0.15, -0.1) is 0 Å². The third-order valence-corrected chi connectivity index (χ3v) is 6.41. The second kappa shape index (κ2) is 23.6. The summed E-state index contributed by atoms with van der Waals surface area (Å²) < 4.78 is 19.7. The first-order chi connectivity index (χ1) is 16.5. The molecule has 0 spiro atoms. The summed E-state index contributed by atoms with van der Waals surface area (Å²) in [4.78, 5) is 24.5. The van der Waals surface area contributed by atoms with E-state index in [1.807, 2.05) is 0 Å². The summed E-state index contributed by atoms with van der Waals surface area (Å²) in [5, 5.41) is 13.0. The highest BCUT2D eigenvalue weighted by Gasteiger charge is 2.35. The minimum absolute atomic E-state index is 0.116. The van der Waals surface area contributed by atoms with Gasteiger partial charge < -0.3 is 15.2 Å². The lowest BCUT2D eigenvalue weighted by Gasteiger charge is -2.25. The predicted octanol–water partition coefficient (Wildman–Crippen LogP) is 7.19.